The lowest BCUT2D eigenvalue weighted by Gasteiger charge is -2.15. The van der Waals surface area contributed by atoms with Crippen LogP contribution in [0.4, 0.5) is 0 Å². The molecule has 19 heavy (non-hydrogen) atoms. The Morgan fingerprint density at radius 2 is 2.11 bits per heavy atom. The van der Waals surface area contributed by atoms with Crippen LogP contribution in [0.25, 0.3) is 0 Å². The number of nitrogens with one attached hydrogen (secondary N) is 1. The lowest BCUT2D eigenvalue weighted by molar-refractivity contribution is 0.411. The van der Waals surface area contributed by atoms with Crippen LogP contribution in [0.15, 0.2) is 18.2 Å². The molecular formula is C16H27NOS. The van der Waals surface area contributed by atoms with Gasteiger partial charge in [-0.1, -0.05) is 25.8 Å². The Morgan fingerprint density at radius 1 is 1.32 bits per heavy atom. The number of hydrogen-bond acceptors (Lipinski definition) is 3. The predicted octanol–water partition coefficient (Wildman–Crippen LogP) is 4.40. The summed E-state index contributed by atoms with van der Waals surface area (Å²) in [6.45, 7) is 4.43. The summed E-state index contributed by atoms with van der Waals surface area (Å²) in [6.07, 6.45) is 3.94. The van der Waals surface area contributed by atoms with Gasteiger partial charge in [-0.3, -0.25) is 0 Å². The van der Waals surface area contributed by atoms with Crippen molar-refractivity contribution >= 4 is 11.8 Å². The van der Waals surface area contributed by atoms with E-state index in [1.165, 1.54) is 36.1 Å². The van der Waals surface area contributed by atoms with Crippen LogP contribution < -0.4 is 10.1 Å². The van der Waals surface area contributed by atoms with Crippen LogP contribution in [0, 0.1) is 0 Å². The molecule has 1 aromatic carbocycles. The van der Waals surface area contributed by atoms with E-state index in [-0.39, 0.29) is 0 Å². The third-order valence-corrected chi connectivity index (χ3v) is 4.48. The van der Waals surface area contributed by atoms with Crippen molar-refractivity contribution in [2.24, 2.45) is 0 Å². The molecule has 0 heterocycles. The van der Waals surface area contributed by atoms with Gasteiger partial charge in [-0.05, 0) is 43.8 Å². The minimum absolute atomic E-state index is 0.384. The monoisotopic (exact) mass is 281 g/mol. The summed E-state index contributed by atoms with van der Waals surface area (Å²) in [5, 5.41) is 3.28. The van der Waals surface area contributed by atoms with E-state index in [2.05, 4.69) is 37.4 Å². The second-order valence-corrected chi connectivity index (χ2v) is 5.95. The molecule has 0 aliphatic carbocycles. The average molecular weight is 281 g/mol. The Bertz CT molecular complexity index is 368. The molecule has 0 saturated heterocycles. The van der Waals surface area contributed by atoms with E-state index >= 15 is 0 Å². The summed E-state index contributed by atoms with van der Waals surface area (Å²) in [6, 6.07) is 6.89. The molecule has 1 atom stereocenters. The molecule has 0 aliphatic rings. The second-order valence-electron chi connectivity index (χ2n) is 4.84. The fraction of sp³-hybridized carbons (Fsp3) is 0.625. The van der Waals surface area contributed by atoms with Crippen LogP contribution in [-0.4, -0.2) is 19.9 Å². The highest BCUT2D eigenvalue weighted by Crippen LogP contribution is 2.27. The maximum atomic E-state index is 5.46. The molecule has 1 unspecified atom stereocenters. The van der Waals surface area contributed by atoms with Crippen LogP contribution in [0.3, 0.4) is 0 Å². The van der Waals surface area contributed by atoms with Crippen molar-refractivity contribution in [2.45, 2.75) is 44.9 Å². The standard InChI is InChI=1S/C16H27NOS/c1-5-6-7-10-19-12-15-11-14(13(2)17-3)8-9-16(15)18-4/h8-9,11,13,17H,5-7,10,12H2,1-4H3. The minimum atomic E-state index is 0.384. The summed E-state index contributed by atoms with van der Waals surface area (Å²) in [5.41, 5.74) is 2.64. The van der Waals surface area contributed by atoms with E-state index in [0.29, 0.717) is 6.04 Å². The first-order valence-electron chi connectivity index (χ1n) is 7.14. The zero-order chi connectivity index (χ0) is 14.1. The van der Waals surface area contributed by atoms with Crippen molar-refractivity contribution in [1.82, 2.24) is 5.32 Å². The van der Waals surface area contributed by atoms with Gasteiger partial charge in [0.2, 0.25) is 0 Å². The second kappa shape index (κ2) is 9.27. The maximum Gasteiger partial charge on any atom is 0.122 e. The molecule has 0 radical (unpaired) electrons. The third-order valence-electron chi connectivity index (χ3n) is 3.39. The summed E-state index contributed by atoms with van der Waals surface area (Å²) in [5.74, 6) is 3.29. The third kappa shape index (κ3) is 5.45. The van der Waals surface area contributed by atoms with Crippen molar-refractivity contribution in [3.63, 3.8) is 0 Å². The number of methoxy groups -OCH3 is 1. The SMILES string of the molecule is CCCCCSCc1cc(C(C)NC)ccc1OC. The fourth-order valence-corrected chi connectivity index (χ4v) is 2.98. The summed E-state index contributed by atoms with van der Waals surface area (Å²) < 4.78 is 5.46. The molecule has 2 nitrogen and oxygen atoms in total. The van der Waals surface area contributed by atoms with Gasteiger partial charge in [-0.2, -0.15) is 11.8 Å². The minimum Gasteiger partial charge on any atom is -0.496 e. The molecule has 1 N–H and O–H groups in total. The first kappa shape index (κ1) is 16.4. The largest absolute Gasteiger partial charge is 0.496 e. The normalized spacial score (nSPS) is 12.4. The predicted molar refractivity (Wildman–Crippen MR) is 86.2 cm³/mol. The fourth-order valence-electron chi connectivity index (χ4n) is 1.98. The molecule has 3 heteroatoms. The molecule has 1 rings (SSSR count). The Morgan fingerprint density at radius 3 is 2.74 bits per heavy atom. The van der Waals surface area contributed by atoms with Gasteiger partial charge < -0.3 is 10.1 Å². The molecular weight excluding hydrogens is 254 g/mol. The quantitative estimate of drug-likeness (QED) is 0.678. The van der Waals surface area contributed by atoms with Gasteiger partial charge in [-0.15, -0.1) is 0 Å². The number of unbranched alkanes of at least 4 members (excludes halogenated alkanes) is 2. The number of rotatable bonds is 9. The highest BCUT2D eigenvalue weighted by Gasteiger charge is 2.08. The first-order chi connectivity index (χ1) is 9.22. The smallest absolute Gasteiger partial charge is 0.122 e. The number of hydrogen-bond donors (Lipinski definition) is 1. The summed E-state index contributed by atoms with van der Waals surface area (Å²) >= 11 is 2.00. The van der Waals surface area contributed by atoms with Crippen molar-refractivity contribution in [3.05, 3.63) is 29.3 Å². The number of benzene rings is 1. The topological polar surface area (TPSA) is 21.3 Å². The van der Waals surface area contributed by atoms with E-state index in [0.717, 1.165) is 11.5 Å². The molecule has 0 aliphatic heterocycles. The highest BCUT2D eigenvalue weighted by atomic mass is 32.2. The lowest BCUT2D eigenvalue weighted by atomic mass is 10.1. The van der Waals surface area contributed by atoms with Gasteiger partial charge >= 0.3 is 0 Å². The van der Waals surface area contributed by atoms with Crippen molar-refractivity contribution in [3.8, 4) is 5.75 Å². The van der Waals surface area contributed by atoms with E-state index in [9.17, 15) is 0 Å². The molecule has 0 aromatic heterocycles. The van der Waals surface area contributed by atoms with E-state index < -0.39 is 0 Å². The summed E-state index contributed by atoms with van der Waals surface area (Å²) in [7, 11) is 3.75. The molecule has 0 amide bonds. The molecule has 0 spiro atoms. The first-order valence-corrected chi connectivity index (χ1v) is 8.30. The molecule has 1 aromatic rings. The molecule has 0 bridgehead atoms. The Balaban J connectivity index is 2.62. The van der Waals surface area contributed by atoms with Crippen LogP contribution >= 0.6 is 11.8 Å². The number of thioether (sulfide) groups is 1. The van der Waals surface area contributed by atoms with Crippen molar-refractivity contribution in [2.75, 3.05) is 19.9 Å². The van der Waals surface area contributed by atoms with Gasteiger partial charge in [0.25, 0.3) is 0 Å². The number of ether oxygens (including phenoxy) is 1. The molecule has 108 valence electrons. The van der Waals surface area contributed by atoms with Gasteiger partial charge in [0, 0.05) is 17.4 Å². The maximum absolute atomic E-state index is 5.46. The van der Waals surface area contributed by atoms with E-state index in [1.807, 2.05) is 18.8 Å². The van der Waals surface area contributed by atoms with Gasteiger partial charge in [0.1, 0.15) is 5.75 Å². The van der Waals surface area contributed by atoms with Crippen molar-refractivity contribution < 1.29 is 4.74 Å². The Kier molecular flexibility index (Phi) is 7.99. The lowest BCUT2D eigenvalue weighted by Crippen LogP contribution is -2.12. The van der Waals surface area contributed by atoms with E-state index in [4.69, 9.17) is 4.74 Å². The zero-order valence-corrected chi connectivity index (χ0v) is 13.5. The molecule has 0 saturated carbocycles. The van der Waals surface area contributed by atoms with Gasteiger partial charge in [0.15, 0.2) is 0 Å². The van der Waals surface area contributed by atoms with Crippen LogP contribution in [0.1, 0.15) is 50.3 Å². The van der Waals surface area contributed by atoms with E-state index in [1.54, 1.807) is 7.11 Å². The summed E-state index contributed by atoms with van der Waals surface area (Å²) in [4.78, 5) is 0. The molecule has 0 fully saturated rings. The van der Waals surface area contributed by atoms with Gasteiger partial charge in [0.05, 0.1) is 7.11 Å². The van der Waals surface area contributed by atoms with Crippen LogP contribution in [-0.2, 0) is 5.75 Å². The van der Waals surface area contributed by atoms with Crippen LogP contribution in [0.5, 0.6) is 5.75 Å². The van der Waals surface area contributed by atoms with Gasteiger partial charge in [-0.25, -0.2) is 0 Å². The zero-order valence-electron chi connectivity index (χ0n) is 12.7. The Labute approximate surface area is 122 Å². The van der Waals surface area contributed by atoms with Crippen LogP contribution in [0.2, 0.25) is 0 Å². The highest BCUT2D eigenvalue weighted by molar-refractivity contribution is 7.98. The average Bonchev–Trinajstić information content (AvgIpc) is 2.46. The Hall–Kier alpha value is -0.670. The van der Waals surface area contributed by atoms with Crippen molar-refractivity contribution in [1.29, 1.82) is 0 Å².